The smallest absolute Gasteiger partial charge is 0.317 e. The zero-order valence-corrected chi connectivity index (χ0v) is 12.1. The number of hydrogen-bond donors (Lipinski definition) is 1. The number of carbonyl (C=O) groups excluding carboxylic acids is 1. The van der Waals surface area contributed by atoms with Crippen LogP contribution in [0.1, 0.15) is 5.56 Å². The lowest BCUT2D eigenvalue weighted by Gasteiger charge is -2.33. The second-order valence-electron chi connectivity index (χ2n) is 5.08. The number of carboxylic acid groups (broad SMARTS) is 1. The van der Waals surface area contributed by atoms with Gasteiger partial charge in [-0.2, -0.15) is 0 Å². The number of carbonyl (C=O) groups is 2. The molecule has 0 unspecified atom stereocenters. The molecule has 21 heavy (non-hydrogen) atoms. The average Bonchev–Trinajstić information content (AvgIpc) is 2.47. The Labute approximate surface area is 123 Å². The van der Waals surface area contributed by atoms with Gasteiger partial charge in [0.15, 0.2) is 0 Å². The number of amides is 1. The van der Waals surface area contributed by atoms with Crippen LogP contribution in [-0.4, -0.2) is 66.6 Å². The lowest BCUT2D eigenvalue weighted by Crippen LogP contribution is -2.50. The van der Waals surface area contributed by atoms with Gasteiger partial charge >= 0.3 is 5.97 Å². The molecule has 1 aromatic carbocycles. The van der Waals surface area contributed by atoms with E-state index in [1.165, 1.54) is 0 Å². The molecule has 1 amide bonds. The fourth-order valence-electron chi connectivity index (χ4n) is 2.42. The summed E-state index contributed by atoms with van der Waals surface area (Å²) in [5.41, 5.74) is 0.923. The zero-order chi connectivity index (χ0) is 15.2. The molecule has 1 aromatic rings. The van der Waals surface area contributed by atoms with Crippen molar-refractivity contribution in [2.45, 2.75) is 6.42 Å². The van der Waals surface area contributed by atoms with E-state index in [1.807, 2.05) is 29.2 Å². The third-order valence-electron chi connectivity index (χ3n) is 3.57. The van der Waals surface area contributed by atoms with Crippen molar-refractivity contribution in [3.63, 3.8) is 0 Å². The highest BCUT2D eigenvalue weighted by Gasteiger charge is 2.22. The molecule has 1 heterocycles. The van der Waals surface area contributed by atoms with Crippen molar-refractivity contribution in [2.75, 3.05) is 39.8 Å². The van der Waals surface area contributed by atoms with Gasteiger partial charge in [-0.25, -0.2) is 0 Å². The highest BCUT2D eigenvalue weighted by atomic mass is 16.5. The largest absolute Gasteiger partial charge is 0.497 e. The van der Waals surface area contributed by atoms with E-state index >= 15 is 0 Å². The molecule has 1 aliphatic heterocycles. The average molecular weight is 292 g/mol. The van der Waals surface area contributed by atoms with Crippen molar-refractivity contribution >= 4 is 11.9 Å². The van der Waals surface area contributed by atoms with Gasteiger partial charge in [-0.1, -0.05) is 12.1 Å². The molecule has 2 rings (SSSR count). The first kappa shape index (κ1) is 15.3. The molecule has 1 aliphatic rings. The predicted octanol–water partition coefficient (Wildman–Crippen LogP) is 0.467. The highest BCUT2D eigenvalue weighted by Crippen LogP contribution is 2.14. The first-order chi connectivity index (χ1) is 10.1. The predicted molar refractivity (Wildman–Crippen MR) is 77.4 cm³/mol. The maximum absolute atomic E-state index is 12.2. The molecule has 0 radical (unpaired) electrons. The number of aliphatic carboxylic acids is 1. The highest BCUT2D eigenvalue weighted by molar-refractivity contribution is 5.79. The van der Waals surface area contributed by atoms with Crippen LogP contribution in [0.15, 0.2) is 24.3 Å². The summed E-state index contributed by atoms with van der Waals surface area (Å²) in [6, 6.07) is 7.48. The van der Waals surface area contributed by atoms with Gasteiger partial charge in [-0.15, -0.1) is 0 Å². The van der Waals surface area contributed by atoms with Crippen molar-refractivity contribution in [2.24, 2.45) is 0 Å². The van der Waals surface area contributed by atoms with E-state index in [1.54, 1.807) is 12.0 Å². The van der Waals surface area contributed by atoms with Crippen LogP contribution in [-0.2, 0) is 16.0 Å². The van der Waals surface area contributed by atoms with Gasteiger partial charge in [-0.05, 0) is 17.7 Å². The summed E-state index contributed by atoms with van der Waals surface area (Å²) in [6.45, 7) is 2.41. The molecule has 0 saturated carbocycles. The Morgan fingerprint density at radius 3 is 2.57 bits per heavy atom. The van der Waals surface area contributed by atoms with Crippen molar-refractivity contribution in [3.05, 3.63) is 29.8 Å². The Hall–Kier alpha value is -2.08. The Kier molecular flexibility index (Phi) is 5.16. The van der Waals surface area contributed by atoms with Gasteiger partial charge in [0.2, 0.25) is 5.91 Å². The molecule has 1 N–H and O–H groups in total. The van der Waals surface area contributed by atoms with Gasteiger partial charge in [0.25, 0.3) is 0 Å². The number of hydrogen-bond acceptors (Lipinski definition) is 4. The van der Waals surface area contributed by atoms with Crippen molar-refractivity contribution < 1.29 is 19.4 Å². The molecule has 0 atom stereocenters. The molecular formula is C15H20N2O4. The monoisotopic (exact) mass is 292 g/mol. The number of benzene rings is 1. The van der Waals surface area contributed by atoms with Crippen LogP contribution in [0.2, 0.25) is 0 Å². The van der Waals surface area contributed by atoms with Gasteiger partial charge < -0.3 is 14.7 Å². The van der Waals surface area contributed by atoms with Crippen molar-refractivity contribution in [1.82, 2.24) is 9.80 Å². The Morgan fingerprint density at radius 2 is 1.95 bits per heavy atom. The van der Waals surface area contributed by atoms with Crippen LogP contribution in [0.25, 0.3) is 0 Å². The second kappa shape index (κ2) is 7.08. The van der Waals surface area contributed by atoms with Crippen LogP contribution in [0.4, 0.5) is 0 Å². The normalized spacial score (nSPS) is 15.8. The molecule has 0 spiro atoms. The maximum atomic E-state index is 12.2. The number of carboxylic acids is 1. The van der Waals surface area contributed by atoms with E-state index in [9.17, 15) is 9.59 Å². The van der Waals surface area contributed by atoms with E-state index < -0.39 is 5.97 Å². The molecule has 0 aliphatic carbocycles. The third-order valence-corrected chi connectivity index (χ3v) is 3.57. The van der Waals surface area contributed by atoms with E-state index in [0.717, 1.165) is 11.3 Å². The lowest BCUT2D eigenvalue weighted by molar-refractivity contribution is -0.139. The molecule has 6 heteroatoms. The first-order valence-electron chi connectivity index (χ1n) is 6.93. The van der Waals surface area contributed by atoms with Crippen LogP contribution < -0.4 is 4.74 Å². The first-order valence-corrected chi connectivity index (χ1v) is 6.93. The standard InChI is InChI=1S/C15H20N2O4/c1-21-13-4-2-3-12(9-13)10-14(18)17-7-5-16(6-8-17)11-15(19)20/h2-4,9H,5-8,10-11H2,1H3,(H,19,20). The number of piperazine rings is 1. The Bertz CT molecular complexity index is 510. The van der Waals surface area contributed by atoms with Crippen LogP contribution in [0.5, 0.6) is 5.75 Å². The van der Waals surface area contributed by atoms with E-state index in [4.69, 9.17) is 9.84 Å². The van der Waals surface area contributed by atoms with E-state index in [2.05, 4.69) is 0 Å². The van der Waals surface area contributed by atoms with Gasteiger partial charge in [0, 0.05) is 26.2 Å². The minimum atomic E-state index is -0.828. The summed E-state index contributed by atoms with van der Waals surface area (Å²) in [4.78, 5) is 26.5. The fraction of sp³-hybridized carbons (Fsp3) is 0.467. The minimum absolute atomic E-state index is 0.0396. The SMILES string of the molecule is COc1cccc(CC(=O)N2CCN(CC(=O)O)CC2)c1. The maximum Gasteiger partial charge on any atom is 0.317 e. The summed E-state index contributed by atoms with van der Waals surface area (Å²) < 4.78 is 5.15. The van der Waals surface area contributed by atoms with Gasteiger partial charge in [0.1, 0.15) is 5.75 Å². The molecule has 0 aromatic heterocycles. The molecule has 1 saturated heterocycles. The van der Waals surface area contributed by atoms with Crippen LogP contribution in [0, 0.1) is 0 Å². The molecule has 1 fully saturated rings. The number of ether oxygens (including phenoxy) is 1. The number of rotatable bonds is 5. The second-order valence-corrected chi connectivity index (χ2v) is 5.08. The number of methoxy groups -OCH3 is 1. The summed E-state index contributed by atoms with van der Waals surface area (Å²) in [7, 11) is 1.60. The molecule has 6 nitrogen and oxygen atoms in total. The van der Waals surface area contributed by atoms with Crippen LogP contribution >= 0.6 is 0 Å². The summed E-state index contributed by atoms with van der Waals surface area (Å²) in [5.74, 6) is -0.0176. The Morgan fingerprint density at radius 1 is 1.24 bits per heavy atom. The quantitative estimate of drug-likeness (QED) is 0.854. The van der Waals surface area contributed by atoms with Crippen LogP contribution in [0.3, 0.4) is 0 Å². The molecule has 114 valence electrons. The van der Waals surface area contributed by atoms with Gasteiger partial charge in [-0.3, -0.25) is 14.5 Å². The van der Waals surface area contributed by atoms with E-state index in [-0.39, 0.29) is 12.5 Å². The van der Waals surface area contributed by atoms with E-state index in [0.29, 0.717) is 32.6 Å². The summed E-state index contributed by atoms with van der Waals surface area (Å²) >= 11 is 0. The third kappa shape index (κ3) is 4.46. The van der Waals surface area contributed by atoms with Gasteiger partial charge in [0.05, 0.1) is 20.1 Å². The molecular weight excluding hydrogens is 272 g/mol. The molecule has 0 bridgehead atoms. The lowest BCUT2D eigenvalue weighted by atomic mass is 10.1. The minimum Gasteiger partial charge on any atom is -0.497 e. The topological polar surface area (TPSA) is 70.1 Å². The Balaban J connectivity index is 1.85. The number of nitrogens with zero attached hydrogens (tertiary/aromatic N) is 2. The fourth-order valence-corrected chi connectivity index (χ4v) is 2.42. The van der Waals surface area contributed by atoms with Crippen molar-refractivity contribution in [1.29, 1.82) is 0 Å². The summed E-state index contributed by atoms with van der Waals surface area (Å²) in [5, 5.41) is 8.75. The van der Waals surface area contributed by atoms with Crippen molar-refractivity contribution in [3.8, 4) is 5.75 Å². The summed E-state index contributed by atoms with van der Waals surface area (Å²) in [6.07, 6.45) is 0.343. The zero-order valence-electron chi connectivity index (χ0n) is 12.1.